The van der Waals surface area contributed by atoms with Crippen LogP contribution in [0.5, 0.6) is 0 Å². The minimum atomic E-state index is -0.408. The number of carbonyl (C=O) groups is 2. The minimum Gasteiger partial charge on any atom is -0.374 e. The molecule has 1 atom stereocenters. The Morgan fingerprint density at radius 3 is 2.54 bits per heavy atom. The van der Waals surface area contributed by atoms with Crippen molar-refractivity contribution in [3.8, 4) is 0 Å². The number of rotatable bonds is 10. The molecule has 2 rings (SSSR count). The highest BCUT2D eigenvalue weighted by atomic mass is 32.2. The molecule has 3 N–H and O–H groups in total. The van der Waals surface area contributed by atoms with Crippen LogP contribution in [0.2, 0.25) is 0 Å². The molecule has 0 spiro atoms. The molecule has 0 aliphatic heterocycles. The number of ether oxygens (including phenoxy) is 1. The van der Waals surface area contributed by atoms with E-state index >= 15 is 0 Å². The fourth-order valence-corrected chi connectivity index (χ4v) is 3.17. The number of amides is 2. The molecule has 5 nitrogen and oxygen atoms in total. The van der Waals surface area contributed by atoms with E-state index in [9.17, 15) is 9.59 Å². The Morgan fingerprint density at radius 2 is 1.81 bits per heavy atom. The van der Waals surface area contributed by atoms with Crippen molar-refractivity contribution in [1.29, 1.82) is 0 Å². The number of carbonyl (C=O) groups excluding carboxylic acids is 2. The van der Waals surface area contributed by atoms with Crippen molar-refractivity contribution >= 4 is 23.6 Å². The van der Waals surface area contributed by atoms with Crippen LogP contribution in [-0.2, 0) is 9.53 Å². The van der Waals surface area contributed by atoms with E-state index in [-0.39, 0.29) is 17.8 Å². The fraction of sp³-hybridized carbons (Fsp3) is 0.300. The highest BCUT2D eigenvalue weighted by molar-refractivity contribution is 8.00. The molecular formula is C20H24N2O3S. The van der Waals surface area contributed by atoms with Gasteiger partial charge in [-0.15, -0.1) is 11.8 Å². The van der Waals surface area contributed by atoms with Gasteiger partial charge in [-0.3, -0.25) is 9.59 Å². The molecule has 0 heterocycles. The third-order valence-electron chi connectivity index (χ3n) is 3.75. The number of thioether (sulfide) groups is 1. The molecule has 6 heteroatoms. The molecule has 0 aliphatic carbocycles. The van der Waals surface area contributed by atoms with Crippen molar-refractivity contribution in [1.82, 2.24) is 5.32 Å². The normalized spacial score (nSPS) is 11.7. The molecule has 138 valence electrons. The molecule has 2 aromatic carbocycles. The van der Waals surface area contributed by atoms with E-state index in [1.807, 2.05) is 49.4 Å². The van der Waals surface area contributed by atoms with Crippen LogP contribution in [0.1, 0.15) is 35.4 Å². The SMILES string of the molecule is CC(OCCCNC(=O)c1ccccc1SCC(N)=O)c1ccccc1. The number of primary amides is 1. The first-order valence-corrected chi connectivity index (χ1v) is 9.51. The summed E-state index contributed by atoms with van der Waals surface area (Å²) in [7, 11) is 0. The van der Waals surface area contributed by atoms with Gasteiger partial charge in [0.25, 0.3) is 5.91 Å². The van der Waals surface area contributed by atoms with Gasteiger partial charge in [-0.2, -0.15) is 0 Å². The molecule has 1 unspecified atom stereocenters. The van der Waals surface area contributed by atoms with E-state index in [4.69, 9.17) is 10.5 Å². The van der Waals surface area contributed by atoms with Gasteiger partial charge in [0.05, 0.1) is 17.4 Å². The van der Waals surface area contributed by atoms with E-state index < -0.39 is 5.91 Å². The quantitative estimate of drug-likeness (QED) is 0.496. The molecular weight excluding hydrogens is 348 g/mol. The molecule has 26 heavy (non-hydrogen) atoms. The van der Waals surface area contributed by atoms with Gasteiger partial charge >= 0.3 is 0 Å². The summed E-state index contributed by atoms with van der Waals surface area (Å²) in [6.07, 6.45) is 0.748. The third-order valence-corrected chi connectivity index (χ3v) is 4.84. The fourth-order valence-electron chi connectivity index (χ4n) is 2.38. The van der Waals surface area contributed by atoms with Gasteiger partial charge in [0.15, 0.2) is 0 Å². The van der Waals surface area contributed by atoms with Crippen molar-refractivity contribution in [2.75, 3.05) is 18.9 Å². The van der Waals surface area contributed by atoms with Crippen LogP contribution in [0.3, 0.4) is 0 Å². The zero-order valence-corrected chi connectivity index (χ0v) is 15.6. The number of nitrogens with one attached hydrogen (secondary N) is 1. The Bertz CT molecular complexity index is 722. The van der Waals surface area contributed by atoms with Crippen LogP contribution in [-0.4, -0.2) is 30.7 Å². The summed E-state index contributed by atoms with van der Waals surface area (Å²) in [5, 5.41) is 2.89. The molecule has 0 fully saturated rings. The van der Waals surface area contributed by atoms with E-state index in [0.29, 0.717) is 18.7 Å². The Morgan fingerprint density at radius 1 is 1.12 bits per heavy atom. The maximum atomic E-state index is 12.3. The van der Waals surface area contributed by atoms with Gasteiger partial charge in [0.1, 0.15) is 0 Å². The maximum Gasteiger partial charge on any atom is 0.252 e. The topological polar surface area (TPSA) is 81.4 Å². The Labute approximate surface area is 158 Å². The van der Waals surface area contributed by atoms with Crippen LogP contribution in [0.15, 0.2) is 59.5 Å². The third kappa shape index (κ3) is 6.54. The second-order valence-corrected chi connectivity index (χ2v) is 6.80. The molecule has 0 bridgehead atoms. The predicted molar refractivity (Wildman–Crippen MR) is 104 cm³/mol. The molecule has 0 aromatic heterocycles. The highest BCUT2D eigenvalue weighted by Crippen LogP contribution is 2.22. The predicted octanol–water partition coefficient (Wildman–Crippen LogP) is 3.16. The van der Waals surface area contributed by atoms with Gasteiger partial charge in [0, 0.05) is 18.0 Å². The number of benzene rings is 2. The Hall–Kier alpha value is -2.31. The summed E-state index contributed by atoms with van der Waals surface area (Å²) in [5.74, 6) is -0.418. The van der Waals surface area contributed by atoms with Crippen LogP contribution in [0, 0.1) is 0 Å². The van der Waals surface area contributed by atoms with Crippen LogP contribution in [0.4, 0.5) is 0 Å². The monoisotopic (exact) mass is 372 g/mol. The molecule has 0 saturated heterocycles. The van der Waals surface area contributed by atoms with E-state index in [1.54, 1.807) is 12.1 Å². The van der Waals surface area contributed by atoms with E-state index in [0.717, 1.165) is 16.9 Å². The Balaban J connectivity index is 1.74. The van der Waals surface area contributed by atoms with Gasteiger partial charge in [-0.25, -0.2) is 0 Å². The Kier molecular flexibility index (Phi) is 8.18. The average Bonchev–Trinajstić information content (AvgIpc) is 2.66. The lowest BCUT2D eigenvalue weighted by atomic mass is 10.1. The van der Waals surface area contributed by atoms with Crippen molar-refractivity contribution in [2.45, 2.75) is 24.3 Å². The van der Waals surface area contributed by atoms with Gasteiger partial charge in [-0.05, 0) is 31.0 Å². The van der Waals surface area contributed by atoms with Crippen LogP contribution in [0.25, 0.3) is 0 Å². The van der Waals surface area contributed by atoms with Gasteiger partial charge in [-0.1, -0.05) is 42.5 Å². The van der Waals surface area contributed by atoms with Gasteiger partial charge in [0.2, 0.25) is 5.91 Å². The second kappa shape index (κ2) is 10.6. The molecule has 0 aliphatic rings. The average molecular weight is 372 g/mol. The summed E-state index contributed by atoms with van der Waals surface area (Å²) in [5.41, 5.74) is 6.86. The van der Waals surface area contributed by atoms with Crippen molar-refractivity contribution < 1.29 is 14.3 Å². The van der Waals surface area contributed by atoms with Crippen molar-refractivity contribution in [3.05, 3.63) is 65.7 Å². The van der Waals surface area contributed by atoms with E-state index in [1.165, 1.54) is 11.8 Å². The van der Waals surface area contributed by atoms with Crippen molar-refractivity contribution in [3.63, 3.8) is 0 Å². The zero-order chi connectivity index (χ0) is 18.8. The standard InChI is InChI=1S/C20H24N2O3S/c1-15(16-8-3-2-4-9-16)25-13-7-12-22-20(24)17-10-5-6-11-18(17)26-14-19(21)23/h2-6,8-11,15H,7,12-14H2,1H3,(H2,21,23)(H,22,24). The summed E-state index contributed by atoms with van der Waals surface area (Å²) in [4.78, 5) is 24.0. The lowest BCUT2D eigenvalue weighted by Crippen LogP contribution is -2.26. The largest absolute Gasteiger partial charge is 0.374 e. The van der Waals surface area contributed by atoms with Crippen molar-refractivity contribution in [2.24, 2.45) is 5.73 Å². The number of hydrogen-bond acceptors (Lipinski definition) is 4. The van der Waals surface area contributed by atoms with Crippen LogP contribution < -0.4 is 11.1 Å². The smallest absolute Gasteiger partial charge is 0.252 e. The summed E-state index contributed by atoms with van der Waals surface area (Å²) in [6, 6.07) is 17.2. The molecule has 0 radical (unpaired) electrons. The highest BCUT2D eigenvalue weighted by Gasteiger charge is 2.11. The lowest BCUT2D eigenvalue weighted by Gasteiger charge is -2.14. The second-order valence-electron chi connectivity index (χ2n) is 5.78. The zero-order valence-electron chi connectivity index (χ0n) is 14.8. The van der Waals surface area contributed by atoms with Crippen LogP contribution >= 0.6 is 11.8 Å². The summed E-state index contributed by atoms with van der Waals surface area (Å²) in [6.45, 7) is 3.10. The minimum absolute atomic E-state index is 0.0258. The van der Waals surface area contributed by atoms with E-state index in [2.05, 4.69) is 5.32 Å². The number of nitrogens with two attached hydrogens (primary N) is 1. The molecule has 0 saturated carbocycles. The molecule has 2 amide bonds. The molecule has 2 aromatic rings. The first-order valence-electron chi connectivity index (χ1n) is 8.53. The lowest BCUT2D eigenvalue weighted by molar-refractivity contribution is -0.115. The maximum absolute atomic E-state index is 12.3. The first-order chi connectivity index (χ1) is 12.6. The first kappa shape index (κ1) is 20.0. The van der Waals surface area contributed by atoms with Gasteiger partial charge < -0.3 is 15.8 Å². The summed E-state index contributed by atoms with van der Waals surface area (Å²) < 4.78 is 5.80. The summed E-state index contributed by atoms with van der Waals surface area (Å²) >= 11 is 1.27. The number of hydrogen-bond donors (Lipinski definition) is 2.